The molecule has 0 unspecified atom stereocenters. The van der Waals surface area contributed by atoms with E-state index >= 15 is 0 Å². The van der Waals surface area contributed by atoms with Gasteiger partial charge in [0.15, 0.2) is 0 Å². The van der Waals surface area contributed by atoms with E-state index in [9.17, 15) is 10.1 Å². The van der Waals surface area contributed by atoms with Gasteiger partial charge in [-0.25, -0.2) is 4.79 Å². The van der Waals surface area contributed by atoms with Crippen LogP contribution in [0.15, 0.2) is 54.9 Å². The van der Waals surface area contributed by atoms with Crippen molar-refractivity contribution < 1.29 is 14.3 Å². The maximum absolute atomic E-state index is 12.9. The number of nitrogens with zero attached hydrogens (tertiary/aromatic N) is 3. The number of nitriles is 1. The summed E-state index contributed by atoms with van der Waals surface area (Å²) in [6.45, 7) is 4.56. The van der Waals surface area contributed by atoms with Gasteiger partial charge in [-0.2, -0.15) is 5.26 Å². The number of halogens is 1. The van der Waals surface area contributed by atoms with Crippen molar-refractivity contribution in [2.45, 2.75) is 58.6 Å². The molecule has 9 nitrogen and oxygen atoms in total. The molecule has 4 aromatic rings. The zero-order valence-electron chi connectivity index (χ0n) is 23.7. The Hall–Kier alpha value is -4.55. The number of pyridine rings is 2. The first kappa shape index (κ1) is 29.0. The molecular formula is C32H33ClN6O3. The predicted molar refractivity (Wildman–Crippen MR) is 165 cm³/mol. The molecule has 1 saturated carbocycles. The number of fused-ring (bicyclic) bond motifs is 1. The number of carbonyl (C=O) groups excluding carboxylic acids is 1. The number of hydrogen-bond donors (Lipinski definition) is 3. The lowest BCUT2D eigenvalue weighted by molar-refractivity contribution is 0.244. The van der Waals surface area contributed by atoms with Gasteiger partial charge in [-0.3, -0.25) is 9.97 Å². The molecule has 10 heteroatoms. The quantitative estimate of drug-likeness (QED) is 0.185. The van der Waals surface area contributed by atoms with E-state index in [1.165, 1.54) is 12.6 Å². The lowest BCUT2D eigenvalue weighted by Gasteiger charge is -2.23. The lowest BCUT2D eigenvalue weighted by Crippen LogP contribution is -2.39. The van der Waals surface area contributed by atoms with Gasteiger partial charge in [0.25, 0.3) is 0 Å². The molecule has 0 spiro atoms. The summed E-state index contributed by atoms with van der Waals surface area (Å²) in [6, 6.07) is 14.8. The molecule has 5 rings (SSSR count). The molecule has 2 amide bonds. The summed E-state index contributed by atoms with van der Waals surface area (Å²) in [4.78, 5) is 21.8. The monoisotopic (exact) mass is 584 g/mol. The Morgan fingerprint density at radius 1 is 1.10 bits per heavy atom. The number of rotatable bonds is 9. The number of urea groups is 1. The Kier molecular flexibility index (Phi) is 9.25. The second-order valence-corrected chi connectivity index (χ2v) is 10.6. The third kappa shape index (κ3) is 6.84. The van der Waals surface area contributed by atoms with Crippen LogP contribution in [0.1, 0.15) is 55.8 Å². The van der Waals surface area contributed by atoms with Crippen molar-refractivity contribution in [3.05, 3.63) is 76.7 Å². The van der Waals surface area contributed by atoms with Crippen LogP contribution in [0, 0.1) is 18.3 Å². The van der Waals surface area contributed by atoms with E-state index in [2.05, 4.69) is 32.0 Å². The van der Waals surface area contributed by atoms with Crippen molar-refractivity contribution >= 4 is 45.6 Å². The highest BCUT2D eigenvalue weighted by Crippen LogP contribution is 2.37. The number of ether oxygens (including phenoxy) is 2. The maximum atomic E-state index is 12.9. The van der Waals surface area contributed by atoms with Crippen molar-refractivity contribution in [1.82, 2.24) is 15.3 Å². The largest absolute Gasteiger partial charge is 0.492 e. The summed E-state index contributed by atoms with van der Waals surface area (Å²) in [7, 11) is 0. The lowest BCUT2D eigenvalue weighted by atomic mass is 9.96. The van der Waals surface area contributed by atoms with Gasteiger partial charge in [0.1, 0.15) is 24.2 Å². The first-order valence-electron chi connectivity index (χ1n) is 14.1. The normalized spacial score (nSPS) is 13.3. The molecule has 0 atom stereocenters. The van der Waals surface area contributed by atoms with Gasteiger partial charge in [-0.1, -0.05) is 36.9 Å². The minimum absolute atomic E-state index is 0.156. The first-order chi connectivity index (χ1) is 20.4. The molecule has 216 valence electrons. The van der Waals surface area contributed by atoms with Crippen LogP contribution in [-0.4, -0.2) is 28.6 Å². The van der Waals surface area contributed by atoms with Gasteiger partial charge in [0.2, 0.25) is 0 Å². The molecule has 0 radical (unpaired) electrons. The predicted octanol–water partition coefficient (Wildman–Crippen LogP) is 7.64. The van der Waals surface area contributed by atoms with Gasteiger partial charge in [0.05, 0.1) is 39.8 Å². The fraction of sp³-hybridized carbons (Fsp3) is 0.312. The molecule has 0 bridgehead atoms. The first-order valence-corrected chi connectivity index (χ1v) is 14.5. The molecule has 0 aliphatic heterocycles. The average Bonchev–Trinajstić information content (AvgIpc) is 2.99. The van der Waals surface area contributed by atoms with Gasteiger partial charge in [0, 0.05) is 35.6 Å². The van der Waals surface area contributed by atoms with Gasteiger partial charge < -0.3 is 25.4 Å². The number of anilines is 3. The average molecular weight is 585 g/mol. The fourth-order valence-corrected chi connectivity index (χ4v) is 5.29. The van der Waals surface area contributed by atoms with E-state index in [4.69, 9.17) is 21.1 Å². The number of amides is 2. The van der Waals surface area contributed by atoms with Crippen molar-refractivity contribution in [2.24, 2.45) is 0 Å². The summed E-state index contributed by atoms with van der Waals surface area (Å²) in [6.07, 6.45) is 8.62. The Bertz CT molecular complexity index is 1630. The minimum atomic E-state index is -0.288. The van der Waals surface area contributed by atoms with Crippen molar-refractivity contribution in [2.75, 3.05) is 17.2 Å². The van der Waals surface area contributed by atoms with Crippen LogP contribution in [0.5, 0.6) is 11.5 Å². The Morgan fingerprint density at radius 3 is 2.67 bits per heavy atom. The van der Waals surface area contributed by atoms with E-state index in [0.29, 0.717) is 63.3 Å². The molecule has 3 N–H and O–H groups in total. The fourth-order valence-electron chi connectivity index (χ4n) is 5.06. The van der Waals surface area contributed by atoms with Crippen LogP contribution >= 0.6 is 11.6 Å². The summed E-state index contributed by atoms with van der Waals surface area (Å²) in [5, 5.41) is 20.3. The topological polar surface area (TPSA) is 121 Å². The van der Waals surface area contributed by atoms with Crippen LogP contribution in [0.4, 0.5) is 21.9 Å². The molecular weight excluding hydrogens is 552 g/mol. The third-order valence-electron chi connectivity index (χ3n) is 7.26. The van der Waals surface area contributed by atoms with Crippen LogP contribution in [0.25, 0.3) is 10.9 Å². The van der Waals surface area contributed by atoms with Gasteiger partial charge >= 0.3 is 6.03 Å². The summed E-state index contributed by atoms with van der Waals surface area (Å²) in [5.74, 6) is 1.02. The van der Waals surface area contributed by atoms with Crippen LogP contribution < -0.4 is 25.4 Å². The molecule has 0 saturated heterocycles. The van der Waals surface area contributed by atoms with E-state index in [-0.39, 0.29) is 12.1 Å². The molecule has 2 aromatic heterocycles. The molecule has 1 fully saturated rings. The number of aromatic nitrogens is 2. The minimum Gasteiger partial charge on any atom is -0.492 e. The molecule has 1 aliphatic rings. The number of benzene rings is 2. The molecule has 1 aliphatic carbocycles. The van der Waals surface area contributed by atoms with Crippen LogP contribution in [0.3, 0.4) is 0 Å². The molecule has 2 aromatic carbocycles. The van der Waals surface area contributed by atoms with Crippen molar-refractivity contribution in [3.63, 3.8) is 0 Å². The van der Waals surface area contributed by atoms with E-state index in [1.54, 1.807) is 30.5 Å². The number of carbonyl (C=O) groups is 1. The number of aryl methyl sites for hydroxylation is 1. The van der Waals surface area contributed by atoms with Gasteiger partial charge in [-0.05, 0) is 62.6 Å². The standard InChI is InChI=1S/C32H33ClN6O3/c1-3-41-30-16-26-24(15-27(30)39-32(40)38-22-9-5-4-6-10-22)31(21(17-34)18-36-26)37-23-11-12-29(25(33)14-23)42-19-28-20(2)8-7-13-35-28/h7-8,11-16,18,22H,3-6,9-10,19H2,1-2H3,(H,36,37)(H2,38,39,40). The maximum Gasteiger partial charge on any atom is 0.319 e. The van der Waals surface area contributed by atoms with Crippen molar-refractivity contribution in [3.8, 4) is 17.6 Å². The zero-order chi connectivity index (χ0) is 29.5. The summed E-state index contributed by atoms with van der Waals surface area (Å²) in [5.41, 5.74) is 4.50. The molecule has 42 heavy (non-hydrogen) atoms. The van der Waals surface area contributed by atoms with Crippen LogP contribution in [0.2, 0.25) is 5.02 Å². The summed E-state index contributed by atoms with van der Waals surface area (Å²) < 4.78 is 11.8. The van der Waals surface area contributed by atoms with E-state index in [1.807, 2.05) is 32.0 Å². The van der Waals surface area contributed by atoms with Gasteiger partial charge in [-0.15, -0.1) is 0 Å². The Morgan fingerprint density at radius 2 is 1.93 bits per heavy atom. The van der Waals surface area contributed by atoms with Crippen LogP contribution in [-0.2, 0) is 6.61 Å². The number of nitrogens with one attached hydrogen (secondary N) is 3. The van der Waals surface area contributed by atoms with Crippen molar-refractivity contribution in [1.29, 1.82) is 5.26 Å². The molecule has 2 heterocycles. The van der Waals surface area contributed by atoms with E-state index < -0.39 is 0 Å². The second kappa shape index (κ2) is 13.4. The zero-order valence-corrected chi connectivity index (χ0v) is 24.4. The second-order valence-electron chi connectivity index (χ2n) is 10.2. The number of hydrogen-bond acceptors (Lipinski definition) is 7. The smallest absolute Gasteiger partial charge is 0.319 e. The third-order valence-corrected chi connectivity index (χ3v) is 7.56. The highest BCUT2D eigenvalue weighted by molar-refractivity contribution is 6.32. The van der Waals surface area contributed by atoms with E-state index in [0.717, 1.165) is 36.9 Å². The Labute approximate surface area is 250 Å². The summed E-state index contributed by atoms with van der Waals surface area (Å²) >= 11 is 6.58. The SMILES string of the molecule is CCOc1cc2ncc(C#N)c(Nc3ccc(OCc4ncccc4C)c(Cl)c3)c2cc1NC(=O)NC1CCCCC1. The highest BCUT2D eigenvalue weighted by atomic mass is 35.5. The highest BCUT2D eigenvalue weighted by Gasteiger charge is 2.19. The Balaban J connectivity index is 1.41.